The summed E-state index contributed by atoms with van der Waals surface area (Å²) in [7, 11) is 3.47. The van der Waals surface area contributed by atoms with Crippen molar-refractivity contribution in [2.45, 2.75) is 6.92 Å². The third kappa shape index (κ3) is 3.10. The highest BCUT2D eigenvalue weighted by Crippen LogP contribution is 2.24. The number of hydrogen-bond donors (Lipinski definition) is 0. The molecule has 1 aromatic heterocycles. The lowest BCUT2D eigenvalue weighted by molar-refractivity contribution is -0.385. The van der Waals surface area contributed by atoms with Crippen molar-refractivity contribution in [3.8, 4) is 0 Å². The Morgan fingerprint density at radius 1 is 1.53 bits per heavy atom. The van der Waals surface area contributed by atoms with Crippen molar-refractivity contribution in [2.75, 3.05) is 14.1 Å². The predicted octanol–water partition coefficient (Wildman–Crippen LogP) is 1.48. The van der Waals surface area contributed by atoms with Crippen LogP contribution < -0.4 is 0 Å². The van der Waals surface area contributed by atoms with Crippen LogP contribution in [0.15, 0.2) is 24.5 Å². The van der Waals surface area contributed by atoms with Gasteiger partial charge in [-0.2, -0.15) is 0 Å². The topological polar surface area (TPSA) is 76.3 Å². The van der Waals surface area contributed by atoms with E-state index in [4.69, 9.17) is 0 Å². The maximum absolute atomic E-state index is 11.5. The smallest absolute Gasteiger partial charge is 0.295 e. The average molecular weight is 235 g/mol. The molecule has 0 radical (unpaired) electrons. The van der Waals surface area contributed by atoms with Gasteiger partial charge in [-0.1, -0.05) is 0 Å². The minimum absolute atomic E-state index is 0.0960. The van der Waals surface area contributed by atoms with Crippen LogP contribution in [0.2, 0.25) is 0 Å². The van der Waals surface area contributed by atoms with Gasteiger partial charge in [0.15, 0.2) is 11.5 Å². The summed E-state index contributed by atoms with van der Waals surface area (Å²) in [6, 6.07) is 2.80. The second-order valence-electron chi connectivity index (χ2n) is 3.69. The van der Waals surface area contributed by atoms with Crippen molar-refractivity contribution in [3.63, 3.8) is 0 Å². The summed E-state index contributed by atoms with van der Waals surface area (Å²) in [5.74, 6) is -0.263. The van der Waals surface area contributed by atoms with E-state index in [0.717, 1.165) is 0 Å². The summed E-state index contributed by atoms with van der Waals surface area (Å²) < 4.78 is 0. The van der Waals surface area contributed by atoms with Crippen molar-refractivity contribution >= 4 is 17.0 Å². The second-order valence-corrected chi connectivity index (χ2v) is 3.69. The average Bonchev–Trinajstić information content (AvgIpc) is 2.25. The van der Waals surface area contributed by atoms with Crippen molar-refractivity contribution in [3.05, 3.63) is 40.3 Å². The maximum Gasteiger partial charge on any atom is 0.295 e. The second kappa shape index (κ2) is 5.20. The number of nitrogens with zero attached hydrogens (tertiary/aromatic N) is 3. The third-order valence-electron chi connectivity index (χ3n) is 2.00. The highest BCUT2D eigenvalue weighted by Gasteiger charge is 2.20. The number of carbonyl (C=O) groups excluding carboxylic acids is 1. The van der Waals surface area contributed by atoms with Gasteiger partial charge in [-0.25, -0.2) is 4.98 Å². The van der Waals surface area contributed by atoms with E-state index in [9.17, 15) is 14.9 Å². The Kier molecular flexibility index (Phi) is 3.92. The normalized spacial score (nSPS) is 11.1. The Labute approximate surface area is 98.7 Å². The molecule has 0 aliphatic heterocycles. The van der Waals surface area contributed by atoms with Crippen molar-refractivity contribution in [1.82, 2.24) is 9.88 Å². The van der Waals surface area contributed by atoms with E-state index in [1.54, 1.807) is 19.0 Å². The van der Waals surface area contributed by atoms with Crippen LogP contribution in [0.4, 0.5) is 5.69 Å². The van der Waals surface area contributed by atoms with Gasteiger partial charge in [0.25, 0.3) is 5.69 Å². The number of Topliss-reactive ketones (excluding diaryl/α,β-unsaturated/α-hetero) is 1. The van der Waals surface area contributed by atoms with Crippen LogP contribution in [-0.2, 0) is 4.79 Å². The molecule has 0 fully saturated rings. The molecule has 0 N–H and O–H groups in total. The van der Waals surface area contributed by atoms with Gasteiger partial charge >= 0.3 is 0 Å². The maximum atomic E-state index is 11.5. The first kappa shape index (κ1) is 12.8. The van der Waals surface area contributed by atoms with E-state index in [1.165, 1.54) is 31.5 Å². The fourth-order valence-corrected chi connectivity index (χ4v) is 1.33. The van der Waals surface area contributed by atoms with Crippen LogP contribution in [0.25, 0.3) is 5.57 Å². The first-order valence-corrected chi connectivity index (χ1v) is 4.92. The summed E-state index contributed by atoms with van der Waals surface area (Å²) in [6.07, 6.45) is 2.95. The van der Waals surface area contributed by atoms with Gasteiger partial charge < -0.3 is 4.90 Å². The predicted molar refractivity (Wildman–Crippen MR) is 63.2 cm³/mol. The molecule has 0 atom stereocenters. The Bertz CT molecular complexity index is 481. The zero-order valence-electron chi connectivity index (χ0n) is 9.88. The highest BCUT2D eigenvalue weighted by molar-refractivity contribution is 6.19. The SMILES string of the molecule is CC(=O)C(=CN(C)C)c1ncccc1[N+](=O)[O-]. The van der Waals surface area contributed by atoms with Crippen LogP contribution in [0.1, 0.15) is 12.6 Å². The number of carbonyl (C=O) groups is 1. The van der Waals surface area contributed by atoms with Crippen LogP contribution in [0.3, 0.4) is 0 Å². The lowest BCUT2D eigenvalue weighted by Crippen LogP contribution is -2.09. The molecule has 17 heavy (non-hydrogen) atoms. The van der Waals surface area contributed by atoms with E-state index in [-0.39, 0.29) is 22.7 Å². The number of aromatic nitrogens is 1. The van der Waals surface area contributed by atoms with E-state index < -0.39 is 4.92 Å². The van der Waals surface area contributed by atoms with E-state index >= 15 is 0 Å². The van der Waals surface area contributed by atoms with Crippen LogP contribution >= 0.6 is 0 Å². The van der Waals surface area contributed by atoms with Gasteiger partial charge in [0, 0.05) is 32.6 Å². The Morgan fingerprint density at radius 3 is 2.65 bits per heavy atom. The van der Waals surface area contributed by atoms with Crippen LogP contribution in [0, 0.1) is 10.1 Å². The molecule has 0 unspecified atom stereocenters. The zero-order chi connectivity index (χ0) is 13.0. The molecular weight excluding hydrogens is 222 g/mol. The number of hydrogen-bond acceptors (Lipinski definition) is 5. The minimum Gasteiger partial charge on any atom is -0.383 e. The number of pyridine rings is 1. The van der Waals surface area contributed by atoms with Gasteiger partial charge in [0.2, 0.25) is 0 Å². The summed E-state index contributed by atoms with van der Waals surface area (Å²) in [6.45, 7) is 1.35. The molecule has 1 heterocycles. The molecule has 90 valence electrons. The van der Waals surface area contributed by atoms with Crippen molar-refractivity contribution < 1.29 is 9.72 Å². The molecule has 0 aliphatic rings. The molecule has 0 amide bonds. The molecule has 1 aromatic rings. The Morgan fingerprint density at radius 2 is 2.18 bits per heavy atom. The number of ketones is 1. The monoisotopic (exact) mass is 235 g/mol. The van der Waals surface area contributed by atoms with E-state index in [0.29, 0.717) is 0 Å². The summed E-state index contributed by atoms with van der Waals surface area (Å²) in [5, 5.41) is 10.8. The van der Waals surface area contributed by atoms with E-state index in [2.05, 4.69) is 4.98 Å². The highest BCUT2D eigenvalue weighted by atomic mass is 16.6. The Hall–Kier alpha value is -2.24. The largest absolute Gasteiger partial charge is 0.383 e. The van der Waals surface area contributed by atoms with Crippen molar-refractivity contribution in [1.29, 1.82) is 0 Å². The third-order valence-corrected chi connectivity index (χ3v) is 2.00. The number of nitro groups is 1. The molecule has 6 nitrogen and oxygen atoms in total. The summed E-state index contributed by atoms with van der Waals surface area (Å²) in [4.78, 5) is 27.4. The molecule has 0 bridgehead atoms. The fraction of sp³-hybridized carbons (Fsp3) is 0.273. The molecule has 0 aliphatic carbocycles. The molecule has 0 spiro atoms. The van der Waals surface area contributed by atoms with Crippen molar-refractivity contribution in [2.24, 2.45) is 0 Å². The first-order valence-electron chi connectivity index (χ1n) is 4.92. The molecule has 0 saturated carbocycles. The summed E-state index contributed by atoms with van der Waals surface area (Å²) >= 11 is 0. The van der Waals surface area contributed by atoms with Gasteiger partial charge in [-0.15, -0.1) is 0 Å². The van der Waals surface area contributed by atoms with Gasteiger partial charge in [-0.05, 0) is 13.0 Å². The van der Waals surface area contributed by atoms with E-state index in [1.807, 2.05) is 0 Å². The fourth-order valence-electron chi connectivity index (χ4n) is 1.33. The minimum atomic E-state index is -0.547. The quantitative estimate of drug-likeness (QED) is 0.449. The number of rotatable bonds is 4. The molecule has 0 saturated heterocycles. The molecule has 6 heteroatoms. The molecular formula is C11H13N3O3. The van der Waals surface area contributed by atoms with Crippen LogP contribution in [-0.4, -0.2) is 34.7 Å². The van der Waals surface area contributed by atoms with Gasteiger partial charge in [-0.3, -0.25) is 14.9 Å². The zero-order valence-corrected chi connectivity index (χ0v) is 9.88. The Balaban J connectivity index is 3.39. The number of allylic oxidation sites excluding steroid dienone is 1. The molecule has 1 rings (SSSR count). The lowest BCUT2D eigenvalue weighted by atomic mass is 10.1. The molecule has 0 aromatic carbocycles. The lowest BCUT2D eigenvalue weighted by Gasteiger charge is -2.09. The van der Waals surface area contributed by atoms with Gasteiger partial charge in [0.05, 0.1) is 10.5 Å². The summed E-state index contributed by atoms with van der Waals surface area (Å²) in [5.41, 5.74) is 0.150. The standard InChI is InChI=1S/C11H13N3O3/c1-8(15)9(7-13(2)3)11-10(14(16)17)5-4-6-12-11/h4-7H,1-3H3. The van der Waals surface area contributed by atoms with Crippen LogP contribution in [0.5, 0.6) is 0 Å². The van der Waals surface area contributed by atoms with Gasteiger partial charge in [0.1, 0.15) is 0 Å². The first-order chi connectivity index (χ1) is 7.93.